The number of nitrogens with zero attached hydrogens (tertiary/aromatic N) is 5. The Morgan fingerprint density at radius 2 is 1.92 bits per heavy atom. The minimum atomic E-state index is 0.473. The van der Waals surface area contributed by atoms with Crippen molar-refractivity contribution in [2.45, 2.75) is 57.0 Å². The summed E-state index contributed by atoms with van der Waals surface area (Å²) < 4.78 is 2.01. The molecule has 0 aliphatic heterocycles. The Hall–Kier alpha value is -1.95. The first kappa shape index (κ1) is 17.5. The average Bonchev–Trinajstić information content (AvgIpc) is 3.38. The van der Waals surface area contributed by atoms with Gasteiger partial charge in [-0.2, -0.15) is 5.10 Å². The van der Waals surface area contributed by atoms with Gasteiger partial charge in [0.2, 0.25) is 5.95 Å². The zero-order valence-electron chi connectivity index (χ0n) is 16.1. The molecule has 0 unspecified atom stereocenters. The van der Waals surface area contributed by atoms with E-state index in [4.69, 9.17) is 4.98 Å². The van der Waals surface area contributed by atoms with Gasteiger partial charge < -0.3 is 10.2 Å². The molecule has 6 heteroatoms. The molecule has 0 atom stereocenters. The van der Waals surface area contributed by atoms with E-state index in [-0.39, 0.29) is 0 Å². The number of aryl methyl sites for hydroxylation is 1. The van der Waals surface area contributed by atoms with Crippen LogP contribution >= 0.6 is 0 Å². The SMILES string of the molecule is Cn1ncc(-c2ccnc(N[C@H]3CC[C@H](N(C)C)CC3)n2)c1CC1CC1. The molecule has 0 amide bonds. The maximum Gasteiger partial charge on any atom is 0.223 e. The maximum atomic E-state index is 4.81. The highest BCUT2D eigenvalue weighted by molar-refractivity contribution is 5.62. The summed E-state index contributed by atoms with van der Waals surface area (Å²) in [4.78, 5) is 11.6. The van der Waals surface area contributed by atoms with Crippen LogP contribution in [-0.4, -0.2) is 50.8 Å². The highest BCUT2D eigenvalue weighted by atomic mass is 15.3. The van der Waals surface area contributed by atoms with Crippen molar-refractivity contribution in [1.29, 1.82) is 0 Å². The van der Waals surface area contributed by atoms with Gasteiger partial charge in [0.15, 0.2) is 0 Å². The van der Waals surface area contributed by atoms with E-state index >= 15 is 0 Å². The fourth-order valence-electron chi connectivity index (χ4n) is 4.01. The Kier molecular flexibility index (Phi) is 4.94. The van der Waals surface area contributed by atoms with E-state index in [2.05, 4.69) is 34.4 Å². The van der Waals surface area contributed by atoms with Gasteiger partial charge in [0.05, 0.1) is 11.9 Å². The van der Waals surface area contributed by atoms with Crippen LogP contribution in [-0.2, 0) is 13.5 Å². The van der Waals surface area contributed by atoms with Crippen LogP contribution in [0.2, 0.25) is 0 Å². The molecule has 2 fully saturated rings. The molecule has 1 N–H and O–H groups in total. The van der Waals surface area contributed by atoms with Crippen molar-refractivity contribution >= 4 is 5.95 Å². The minimum Gasteiger partial charge on any atom is -0.351 e. The number of nitrogens with one attached hydrogen (secondary N) is 1. The highest BCUT2D eigenvalue weighted by Crippen LogP contribution is 2.35. The Morgan fingerprint density at radius 3 is 2.62 bits per heavy atom. The van der Waals surface area contributed by atoms with Gasteiger partial charge in [0.1, 0.15) is 0 Å². The molecule has 0 spiro atoms. The van der Waals surface area contributed by atoms with Gasteiger partial charge >= 0.3 is 0 Å². The van der Waals surface area contributed by atoms with Crippen molar-refractivity contribution < 1.29 is 0 Å². The fourth-order valence-corrected chi connectivity index (χ4v) is 4.01. The lowest BCUT2D eigenvalue weighted by Gasteiger charge is -2.32. The first-order valence-electron chi connectivity index (χ1n) is 9.87. The number of hydrogen-bond acceptors (Lipinski definition) is 5. The first-order valence-corrected chi connectivity index (χ1v) is 9.87. The van der Waals surface area contributed by atoms with Crippen molar-refractivity contribution in [3.63, 3.8) is 0 Å². The van der Waals surface area contributed by atoms with Crippen molar-refractivity contribution in [2.75, 3.05) is 19.4 Å². The second kappa shape index (κ2) is 7.35. The van der Waals surface area contributed by atoms with Crippen LogP contribution in [0.25, 0.3) is 11.3 Å². The molecule has 0 saturated heterocycles. The quantitative estimate of drug-likeness (QED) is 0.864. The third-order valence-electron chi connectivity index (χ3n) is 5.93. The Labute approximate surface area is 156 Å². The molecule has 140 valence electrons. The molecular weight excluding hydrogens is 324 g/mol. The van der Waals surface area contributed by atoms with E-state index in [1.54, 1.807) is 0 Å². The van der Waals surface area contributed by atoms with E-state index in [1.165, 1.54) is 44.2 Å². The van der Waals surface area contributed by atoms with Crippen LogP contribution in [0.3, 0.4) is 0 Å². The van der Waals surface area contributed by atoms with Crippen LogP contribution in [0.1, 0.15) is 44.2 Å². The summed E-state index contributed by atoms with van der Waals surface area (Å²) in [6.45, 7) is 0. The molecule has 2 aliphatic rings. The van der Waals surface area contributed by atoms with Gasteiger partial charge in [0.25, 0.3) is 0 Å². The predicted octanol–water partition coefficient (Wildman–Crippen LogP) is 3.11. The molecule has 2 aromatic rings. The lowest BCUT2D eigenvalue weighted by molar-refractivity contribution is 0.221. The Bertz CT molecular complexity index is 741. The Morgan fingerprint density at radius 1 is 1.15 bits per heavy atom. The van der Waals surface area contributed by atoms with Crippen LogP contribution in [0, 0.1) is 5.92 Å². The van der Waals surface area contributed by atoms with Crippen LogP contribution < -0.4 is 5.32 Å². The van der Waals surface area contributed by atoms with Crippen molar-refractivity contribution in [1.82, 2.24) is 24.6 Å². The summed E-state index contributed by atoms with van der Waals surface area (Å²) in [5, 5.41) is 8.04. The van der Waals surface area contributed by atoms with Crippen LogP contribution in [0.5, 0.6) is 0 Å². The van der Waals surface area contributed by atoms with Gasteiger partial charge in [-0.3, -0.25) is 4.68 Å². The topological polar surface area (TPSA) is 58.9 Å². The summed E-state index contributed by atoms with van der Waals surface area (Å²) in [5.41, 5.74) is 3.43. The molecule has 2 saturated carbocycles. The van der Waals surface area contributed by atoms with Crippen molar-refractivity contribution in [2.24, 2.45) is 13.0 Å². The molecule has 0 radical (unpaired) electrons. The third kappa shape index (κ3) is 3.90. The molecule has 2 heterocycles. The van der Waals surface area contributed by atoms with E-state index in [9.17, 15) is 0 Å². The fraction of sp³-hybridized carbons (Fsp3) is 0.650. The molecule has 4 rings (SSSR count). The van der Waals surface area contributed by atoms with E-state index in [0.717, 1.165) is 29.5 Å². The molecular formula is C20H30N6. The molecule has 2 aliphatic carbocycles. The van der Waals surface area contributed by atoms with Crippen LogP contribution in [0.15, 0.2) is 18.5 Å². The van der Waals surface area contributed by atoms with Gasteiger partial charge in [-0.1, -0.05) is 0 Å². The Balaban J connectivity index is 1.46. The zero-order valence-corrected chi connectivity index (χ0v) is 16.1. The second-order valence-corrected chi connectivity index (χ2v) is 8.15. The number of aromatic nitrogens is 4. The van der Waals surface area contributed by atoms with Crippen molar-refractivity contribution in [3.8, 4) is 11.3 Å². The molecule has 2 aromatic heterocycles. The van der Waals surface area contributed by atoms with E-state index < -0.39 is 0 Å². The van der Waals surface area contributed by atoms with Gasteiger partial charge in [-0.15, -0.1) is 0 Å². The predicted molar refractivity (Wildman–Crippen MR) is 104 cm³/mol. The zero-order chi connectivity index (χ0) is 18.1. The minimum absolute atomic E-state index is 0.473. The molecule has 26 heavy (non-hydrogen) atoms. The van der Waals surface area contributed by atoms with Gasteiger partial charge in [-0.25, -0.2) is 9.97 Å². The summed E-state index contributed by atoms with van der Waals surface area (Å²) in [7, 11) is 6.39. The third-order valence-corrected chi connectivity index (χ3v) is 5.93. The van der Waals surface area contributed by atoms with E-state index in [0.29, 0.717) is 12.1 Å². The standard InChI is InChI=1S/C20H30N6/c1-25(2)16-8-6-15(7-9-16)23-20-21-11-10-18(24-20)17-13-22-26(3)19(17)12-14-4-5-14/h10-11,13-16H,4-9,12H2,1-3H3,(H,21,23,24)/t15-,16-. The summed E-state index contributed by atoms with van der Waals surface area (Å²) in [5.74, 6) is 1.58. The monoisotopic (exact) mass is 354 g/mol. The number of anilines is 1. The largest absolute Gasteiger partial charge is 0.351 e. The second-order valence-electron chi connectivity index (χ2n) is 8.15. The average molecular weight is 355 g/mol. The smallest absolute Gasteiger partial charge is 0.223 e. The maximum absolute atomic E-state index is 4.81. The summed E-state index contributed by atoms with van der Waals surface area (Å²) in [6, 6.07) is 3.18. The highest BCUT2D eigenvalue weighted by Gasteiger charge is 2.26. The first-order chi connectivity index (χ1) is 12.6. The lowest BCUT2D eigenvalue weighted by atomic mass is 9.91. The normalized spacial score (nSPS) is 23.4. The number of hydrogen-bond donors (Lipinski definition) is 1. The summed E-state index contributed by atoms with van der Waals surface area (Å²) >= 11 is 0. The molecule has 6 nitrogen and oxygen atoms in total. The van der Waals surface area contributed by atoms with Crippen LogP contribution in [0.4, 0.5) is 5.95 Å². The number of rotatable bonds is 6. The molecule has 0 bridgehead atoms. The van der Waals surface area contributed by atoms with Gasteiger partial charge in [-0.05, 0) is 71.0 Å². The van der Waals surface area contributed by atoms with Crippen molar-refractivity contribution in [3.05, 3.63) is 24.2 Å². The summed E-state index contributed by atoms with van der Waals surface area (Å²) in [6.07, 6.45) is 12.4. The molecule has 0 aromatic carbocycles. The van der Waals surface area contributed by atoms with Gasteiger partial charge in [0, 0.05) is 36.6 Å². The van der Waals surface area contributed by atoms with E-state index in [1.807, 2.05) is 30.2 Å². The lowest BCUT2D eigenvalue weighted by Crippen LogP contribution is -2.36.